The van der Waals surface area contributed by atoms with Crippen LogP contribution in [0.1, 0.15) is 20.3 Å². The summed E-state index contributed by atoms with van der Waals surface area (Å²) >= 11 is 0. The fourth-order valence-electron chi connectivity index (χ4n) is 0.621. The molecular weight excluding hydrogens is 546 g/mol. The Morgan fingerprint density at radius 2 is 1.59 bits per heavy atom. The molecule has 0 spiro atoms. The number of aliphatic hydroxyl groups excluding tert-OH is 1. The molecule has 0 fully saturated rings. The van der Waals surface area contributed by atoms with Crippen molar-refractivity contribution in [3.8, 4) is 0 Å². The van der Waals surface area contributed by atoms with E-state index in [4.69, 9.17) is 15.6 Å². The Morgan fingerprint density at radius 3 is 1.73 bits per heavy atom. The van der Waals surface area contributed by atoms with Crippen molar-refractivity contribution in [2.45, 2.75) is 38.2 Å². The van der Waals surface area contributed by atoms with Crippen LogP contribution in [0.15, 0.2) is 0 Å². The average molecular weight is 563 g/mol. The van der Waals surface area contributed by atoms with Crippen LogP contribution in [-0.4, -0.2) is 40.7 Å². The third kappa shape index (κ3) is 9.13. The first-order valence-corrected chi connectivity index (χ1v) is 5.59. The van der Waals surface area contributed by atoms with Crippen LogP contribution in [0.5, 0.6) is 0 Å². The number of ether oxygens (including phenoxy) is 1. The maximum atomic E-state index is 11.9. The van der Waals surface area contributed by atoms with E-state index < -0.39 is 30.5 Å². The zero-order valence-electron chi connectivity index (χ0n) is 11.8. The van der Waals surface area contributed by atoms with Gasteiger partial charge in [0.1, 0.15) is 6.61 Å². The van der Waals surface area contributed by atoms with E-state index >= 15 is 0 Å². The first-order chi connectivity index (χ1) is 9.22. The summed E-state index contributed by atoms with van der Waals surface area (Å²) in [6.07, 6.45) is -10.9. The number of aliphatic hydroxyl groups is 2. The van der Waals surface area contributed by atoms with E-state index in [1.54, 1.807) is 0 Å². The molecule has 3 N–H and O–H groups in total. The molecule has 0 aliphatic heterocycles. The number of nitrogens with one attached hydrogen (secondary N) is 1. The zero-order chi connectivity index (χ0) is 17.5. The monoisotopic (exact) mass is 563 g/mol. The van der Waals surface area contributed by atoms with Crippen LogP contribution in [-0.2, 0) is 4.74 Å². The average Bonchev–Trinajstić information content (AvgIpc) is 2.32. The van der Waals surface area contributed by atoms with Gasteiger partial charge in [-0.25, -0.2) is 6.61 Å². The molecule has 130 valence electrons. The quantitative estimate of drug-likeness (QED) is 0.213. The molecule has 0 saturated heterocycles. The summed E-state index contributed by atoms with van der Waals surface area (Å²) in [7, 11) is 0. The van der Waals surface area contributed by atoms with Gasteiger partial charge in [0.15, 0.2) is 0 Å². The predicted octanol–water partition coefficient (Wildman–Crippen LogP) is 3.24. The summed E-state index contributed by atoms with van der Waals surface area (Å²) in [6, 6.07) is 0. The minimum absolute atomic E-state index is 0. The van der Waals surface area contributed by atoms with Crippen molar-refractivity contribution in [2.24, 2.45) is 5.92 Å². The van der Waals surface area contributed by atoms with Gasteiger partial charge in [-0.2, -0.15) is 26.3 Å². The molecule has 22 heavy (non-hydrogen) atoms. The van der Waals surface area contributed by atoms with Gasteiger partial charge in [0.2, 0.25) is 0 Å². The van der Waals surface area contributed by atoms with Crippen molar-refractivity contribution in [1.82, 2.24) is 0 Å². The minimum atomic E-state index is -5.94. The standard InChI is InChI=1S/C6H6F6NO2.C5H11O.U/c1-3(13)15-2-4(14,5(7,8)9)6(10,11)12;1-3-5(2)4-6;/h13-14H,1-2H2;4-6H,3H2,1-2H3;/q2*-1;+2. The summed E-state index contributed by atoms with van der Waals surface area (Å²) in [5.41, 5.74) is -5.00. The summed E-state index contributed by atoms with van der Waals surface area (Å²) in [5.74, 6) is -0.744. The van der Waals surface area contributed by atoms with E-state index in [-0.39, 0.29) is 31.1 Å². The Hall–Kier alpha value is -0.108. The van der Waals surface area contributed by atoms with Crippen LogP contribution in [0.2, 0.25) is 0 Å². The zero-order valence-corrected chi connectivity index (χ0v) is 16.0. The van der Waals surface area contributed by atoms with Gasteiger partial charge >= 0.3 is 43.5 Å². The smallest absolute Gasteiger partial charge is 0.566 e. The Balaban J connectivity index is -0.000000439. The fourth-order valence-corrected chi connectivity index (χ4v) is 0.621. The molecular formula is C11H17F6NO3U. The van der Waals surface area contributed by atoms with Crippen LogP contribution in [0.4, 0.5) is 26.3 Å². The second-order valence-electron chi connectivity index (χ2n) is 4.10. The Kier molecular flexibility index (Phi) is 12.9. The summed E-state index contributed by atoms with van der Waals surface area (Å²) < 4.78 is 75.1. The van der Waals surface area contributed by atoms with E-state index in [1.165, 1.54) is 6.61 Å². The Bertz CT molecular complexity index is 304. The van der Waals surface area contributed by atoms with Crippen molar-refractivity contribution in [1.29, 1.82) is 5.41 Å². The molecule has 11 heteroatoms. The van der Waals surface area contributed by atoms with Gasteiger partial charge < -0.3 is 27.3 Å². The molecule has 0 aromatic carbocycles. The normalized spacial score (nSPS) is 13.4. The third-order valence-electron chi connectivity index (χ3n) is 2.29. The molecule has 0 aliphatic carbocycles. The molecule has 0 aliphatic rings. The van der Waals surface area contributed by atoms with E-state index in [2.05, 4.69) is 11.7 Å². The van der Waals surface area contributed by atoms with Gasteiger partial charge in [-0.1, -0.05) is 20.3 Å². The number of alkyl halides is 6. The summed E-state index contributed by atoms with van der Waals surface area (Å²) in [6.45, 7) is 5.70. The molecule has 0 radical (unpaired) electrons. The molecule has 0 saturated carbocycles. The van der Waals surface area contributed by atoms with Crippen molar-refractivity contribution in [3.05, 3.63) is 13.5 Å². The van der Waals surface area contributed by atoms with Gasteiger partial charge in [-0.3, -0.25) is 0 Å². The SMILES string of the molecule is CCC(C)[CH-]O.[CH2-]C(=N)OCC(O)(C(F)(F)F)C(F)(F)F.[U+2]. The van der Waals surface area contributed by atoms with Crippen LogP contribution in [0.25, 0.3) is 0 Å². The van der Waals surface area contributed by atoms with Gasteiger partial charge in [-0.15, -0.1) is 5.92 Å². The van der Waals surface area contributed by atoms with Crippen molar-refractivity contribution >= 4 is 5.90 Å². The topological polar surface area (TPSA) is 73.5 Å². The fraction of sp³-hybridized carbons (Fsp3) is 0.727. The number of hydrogen-bond acceptors (Lipinski definition) is 4. The molecule has 0 rings (SSSR count). The first kappa shape index (κ1) is 26.8. The summed E-state index contributed by atoms with van der Waals surface area (Å²) in [4.78, 5) is 0. The third-order valence-corrected chi connectivity index (χ3v) is 2.29. The van der Waals surface area contributed by atoms with Crippen molar-refractivity contribution < 1.29 is 72.4 Å². The van der Waals surface area contributed by atoms with E-state index in [1.807, 2.05) is 13.8 Å². The second-order valence-corrected chi connectivity index (χ2v) is 4.10. The molecule has 4 nitrogen and oxygen atoms in total. The Morgan fingerprint density at radius 1 is 1.23 bits per heavy atom. The molecule has 0 aromatic heterocycles. The van der Waals surface area contributed by atoms with Gasteiger partial charge in [-0.05, 0) is 0 Å². The number of halogens is 6. The molecule has 0 bridgehead atoms. The first-order valence-electron chi connectivity index (χ1n) is 5.59. The van der Waals surface area contributed by atoms with Crippen molar-refractivity contribution in [3.63, 3.8) is 0 Å². The second kappa shape index (κ2) is 10.6. The maximum Gasteiger partial charge on any atom is 2.00 e. The number of rotatable bonds is 4. The summed E-state index contributed by atoms with van der Waals surface area (Å²) in [5, 5.41) is 23.0. The Labute approximate surface area is 148 Å². The van der Waals surface area contributed by atoms with Gasteiger partial charge in [0.25, 0.3) is 5.60 Å². The molecule has 0 heterocycles. The van der Waals surface area contributed by atoms with Crippen LogP contribution >= 0.6 is 0 Å². The van der Waals surface area contributed by atoms with Crippen molar-refractivity contribution in [2.75, 3.05) is 6.61 Å². The molecule has 1 atom stereocenters. The predicted molar refractivity (Wildman–Crippen MR) is 61.8 cm³/mol. The maximum absolute atomic E-state index is 11.9. The van der Waals surface area contributed by atoms with E-state index in [0.29, 0.717) is 5.92 Å². The molecule has 1 unspecified atom stereocenters. The minimum Gasteiger partial charge on any atom is -0.566 e. The largest absolute Gasteiger partial charge is 2.00 e. The van der Waals surface area contributed by atoms with Crippen LogP contribution in [0, 0.1) is 56.0 Å². The van der Waals surface area contributed by atoms with Crippen LogP contribution in [0.3, 0.4) is 0 Å². The van der Waals surface area contributed by atoms with Crippen LogP contribution < -0.4 is 0 Å². The van der Waals surface area contributed by atoms with Gasteiger partial charge in [0.05, 0.1) is 0 Å². The van der Waals surface area contributed by atoms with Gasteiger partial charge in [0, 0.05) is 5.90 Å². The molecule has 0 amide bonds. The van der Waals surface area contributed by atoms with E-state index in [0.717, 1.165) is 6.42 Å². The van der Waals surface area contributed by atoms with E-state index in [9.17, 15) is 26.3 Å². The molecule has 0 aromatic rings. The number of hydrogen-bond donors (Lipinski definition) is 3.